The molecule has 0 aromatic heterocycles. The molecule has 0 bridgehead atoms. The summed E-state index contributed by atoms with van der Waals surface area (Å²) in [6, 6.07) is 32.0. The third-order valence-electron chi connectivity index (χ3n) is 7.33. The molecule has 4 aromatic carbocycles. The average Bonchev–Trinajstić information content (AvgIpc) is 3.43. The monoisotopic (exact) mass is 548 g/mol. The molecule has 0 unspecified atom stereocenters. The number of halogens is 1. The molecule has 6 rings (SSSR count). The molecule has 1 heterocycles. The number of hydrogen-bond donors (Lipinski definition) is 1. The summed E-state index contributed by atoms with van der Waals surface area (Å²) in [5, 5.41) is 3.83. The fourth-order valence-corrected chi connectivity index (χ4v) is 5.92. The molecule has 1 aliphatic carbocycles. The van der Waals surface area contributed by atoms with Crippen molar-refractivity contribution < 1.29 is 4.74 Å². The van der Waals surface area contributed by atoms with Crippen LogP contribution in [0.15, 0.2) is 113 Å². The molecule has 0 saturated carbocycles. The predicted molar refractivity (Wildman–Crippen MR) is 156 cm³/mol. The topological polar surface area (TPSA) is 33.6 Å². The second-order valence-corrected chi connectivity index (χ2v) is 10.7. The lowest BCUT2D eigenvalue weighted by Gasteiger charge is -2.37. The Morgan fingerprint density at radius 1 is 0.973 bits per heavy atom. The first-order valence-electron chi connectivity index (χ1n) is 12.8. The summed E-state index contributed by atoms with van der Waals surface area (Å²) in [7, 11) is 0. The van der Waals surface area contributed by atoms with E-state index >= 15 is 0 Å². The molecule has 1 N–H and O–H groups in total. The van der Waals surface area contributed by atoms with Crippen LogP contribution in [0.25, 0.3) is 0 Å². The number of benzene rings is 4. The van der Waals surface area contributed by atoms with Crippen molar-refractivity contribution in [2.45, 2.75) is 31.9 Å². The number of allylic oxidation sites excluding steroid dienone is 2. The third-order valence-corrected chi connectivity index (χ3v) is 7.95. The van der Waals surface area contributed by atoms with E-state index in [-0.39, 0.29) is 0 Å². The second kappa shape index (κ2) is 10.4. The Hall–Kier alpha value is -3.63. The van der Waals surface area contributed by atoms with Gasteiger partial charge in [0, 0.05) is 17.8 Å². The van der Waals surface area contributed by atoms with Crippen molar-refractivity contribution in [3.8, 4) is 5.75 Å². The number of aliphatic imine (C=N–C) groups is 1. The first kappa shape index (κ1) is 23.7. The van der Waals surface area contributed by atoms with Crippen LogP contribution in [0.4, 0.5) is 11.4 Å². The first-order valence-corrected chi connectivity index (χ1v) is 13.6. The lowest BCUT2D eigenvalue weighted by atomic mass is 9.76. The zero-order valence-electron chi connectivity index (χ0n) is 20.8. The Kier molecular flexibility index (Phi) is 6.67. The fourth-order valence-electron chi connectivity index (χ4n) is 5.41. The molecule has 37 heavy (non-hydrogen) atoms. The van der Waals surface area contributed by atoms with Crippen LogP contribution in [0.3, 0.4) is 0 Å². The minimum atomic E-state index is 0.299. The van der Waals surface area contributed by atoms with Gasteiger partial charge in [0.25, 0.3) is 0 Å². The highest BCUT2D eigenvalue weighted by atomic mass is 79.9. The number of aryl methyl sites for hydroxylation is 1. The van der Waals surface area contributed by atoms with E-state index < -0.39 is 0 Å². The van der Waals surface area contributed by atoms with Crippen LogP contribution in [0.2, 0.25) is 0 Å². The SMILES string of the molecule is Cc1ccc2c(c1)[C@@H]1C=CC[C@H]1[C@@H](c1ccc(N=Cc3ccc(OCc4ccccc4)c(Br)c3)cc1)N2. The van der Waals surface area contributed by atoms with E-state index in [9.17, 15) is 0 Å². The van der Waals surface area contributed by atoms with Crippen molar-refractivity contribution in [1.82, 2.24) is 0 Å². The maximum absolute atomic E-state index is 5.97. The van der Waals surface area contributed by atoms with Crippen molar-refractivity contribution in [1.29, 1.82) is 0 Å². The Bertz CT molecular complexity index is 1460. The minimum absolute atomic E-state index is 0.299. The zero-order chi connectivity index (χ0) is 25.2. The van der Waals surface area contributed by atoms with E-state index in [0.717, 1.165) is 33.5 Å². The summed E-state index contributed by atoms with van der Waals surface area (Å²) in [4.78, 5) is 4.72. The van der Waals surface area contributed by atoms with Gasteiger partial charge in [-0.15, -0.1) is 0 Å². The normalized spacial score (nSPS) is 19.9. The maximum atomic E-state index is 5.97. The molecule has 0 fully saturated rings. The van der Waals surface area contributed by atoms with E-state index in [0.29, 0.717) is 24.5 Å². The molecule has 184 valence electrons. The van der Waals surface area contributed by atoms with E-state index in [4.69, 9.17) is 9.73 Å². The van der Waals surface area contributed by atoms with Crippen molar-refractivity contribution in [3.63, 3.8) is 0 Å². The molecule has 3 atom stereocenters. The summed E-state index contributed by atoms with van der Waals surface area (Å²) in [5.41, 5.74) is 8.42. The fraction of sp³-hybridized carbons (Fsp3) is 0.182. The van der Waals surface area contributed by atoms with Crippen molar-refractivity contribution in [2.75, 3.05) is 5.32 Å². The summed E-state index contributed by atoms with van der Waals surface area (Å²) in [6.45, 7) is 2.71. The van der Waals surface area contributed by atoms with Crippen LogP contribution >= 0.6 is 15.9 Å². The lowest BCUT2D eigenvalue weighted by Crippen LogP contribution is -2.29. The molecule has 0 radical (unpaired) electrons. The van der Waals surface area contributed by atoms with Crippen LogP contribution in [-0.4, -0.2) is 6.21 Å². The highest BCUT2D eigenvalue weighted by Crippen LogP contribution is 2.50. The van der Waals surface area contributed by atoms with Gasteiger partial charge in [0.15, 0.2) is 0 Å². The van der Waals surface area contributed by atoms with Gasteiger partial charge >= 0.3 is 0 Å². The number of ether oxygens (including phenoxy) is 1. The van der Waals surface area contributed by atoms with Gasteiger partial charge in [-0.1, -0.05) is 72.3 Å². The van der Waals surface area contributed by atoms with Crippen LogP contribution in [-0.2, 0) is 6.61 Å². The summed E-state index contributed by atoms with van der Waals surface area (Å²) < 4.78 is 6.89. The van der Waals surface area contributed by atoms with E-state index in [2.05, 4.69) is 94.9 Å². The number of nitrogens with one attached hydrogen (secondary N) is 1. The Morgan fingerprint density at radius 2 is 1.81 bits per heavy atom. The van der Waals surface area contributed by atoms with Crippen LogP contribution in [0.5, 0.6) is 5.75 Å². The maximum Gasteiger partial charge on any atom is 0.134 e. The van der Waals surface area contributed by atoms with E-state index in [1.807, 2.05) is 42.6 Å². The van der Waals surface area contributed by atoms with Gasteiger partial charge in [0.05, 0.1) is 16.2 Å². The standard InChI is InChI=1S/C33H29BrN2O/c1-22-10-16-31-29(18-22)27-8-5-9-28(27)33(36-31)25-12-14-26(15-13-25)35-20-24-11-17-32(30(34)19-24)37-21-23-6-3-2-4-7-23/h2-8,10-20,27-28,33,36H,9,21H2,1H3/t27-,28-,33-/m1/s1. The predicted octanol–water partition coefficient (Wildman–Crippen LogP) is 8.91. The van der Waals surface area contributed by atoms with Crippen LogP contribution in [0.1, 0.15) is 46.2 Å². The summed E-state index contributed by atoms with van der Waals surface area (Å²) >= 11 is 3.64. The van der Waals surface area contributed by atoms with Gasteiger partial charge < -0.3 is 10.1 Å². The number of anilines is 1. The molecule has 0 amide bonds. The Labute approximate surface area is 227 Å². The molecule has 1 aliphatic heterocycles. The molecule has 0 spiro atoms. The van der Waals surface area contributed by atoms with Crippen LogP contribution in [0, 0.1) is 12.8 Å². The van der Waals surface area contributed by atoms with E-state index in [1.54, 1.807) is 0 Å². The second-order valence-electron chi connectivity index (χ2n) is 9.88. The quantitative estimate of drug-likeness (QED) is 0.192. The summed E-state index contributed by atoms with van der Waals surface area (Å²) in [5.74, 6) is 1.85. The first-order chi connectivity index (χ1) is 18.1. The molecule has 4 aromatic rings. The largest absolute Gasteiger partial charge is 0.488 e. The summed E-state index contributed by atoms with van der Waals surface area (Å²) in [6.07, 6.45) is 7.74. The van der Waals surface area contributed by atoms with Crippen molar-refractivity contribution in [3.05, 3.63) is 135 Å². The van der Waals surface area contributed by atoms with Gasteiger partial charge in [0.1, 0.15) is 12.4 Å². The van der Waals surface area contributed by atoms with Gasteiger partial charge in [-0.05, 0) is 93.8 Å². The van der Waals surface area contributed by atoms with E-state index in [1.165, 1.54) is 22.4 Å². The van der Waals surface area contributed by atoms with Gasteiger partial charge in [-0.3, -0.25) is 4.99 Å². The van der Waals surface area contributed by atoms with Gasteiger partial charge in [-0.2, -0.15) is 0 Å². The van der Waals surface area contributed by atoms with Crippen LogP contribution < -0.4 is 10.1 Å². The number of fused-ring (bicyclic) bond motifs is 3. The molecule has 0 saturated heterocycles. The molecule has 2 aliphatic rings. The van der Waals surface area contributed by atoms with Crippen molar-refractivity contribution >= 4 is 33.5 Å². The minimum Gasteiger partial charge on any atom is -0.488 e. The molecular formula is C33H29BrN2O. The lowest BCUT2D eigenvalue weighted by molar-refractivity contribution is 0.304. The molecular weight excluding hydrogens is 520 g/mol. The Balaban J connectivity index is 1.14. The molecule has 3 nitrogen and oxygen atoms in total. The smallest absolute Gasteiger partial charge is 0.134 e. The average molecular weight is 550 g/mol. The number of hydrogen-bond acceptors (Lipinski definition) is 3. The molecule has 4 heteroatoms. The van der Waals surface area contributed by atoms with Crippen molar-refractivity contribution in [2.24, 2.45) is 10.9 Å². The van der Waals surface area contributed by atoms with Gasteiger partial charge in [0.2, 0.25) is 0 Å². The number of nitrogens with zero attached hydrogens (tertiary/aromatic N) is 1. The van der Waals surface area contributed by atoms with Gasteiger partial charge in [-0.25, -0.2) is 0 Å². The highest BCUT2D eigenvalue weighted by Gasteiger charge is 2.37. The zero-order valence-corrected chi connectivity index (χ0v) is 22.4. The Morgan fingerprint density at radius 3 is 2.62 bits per heavy atom. The number of rotatable bonds is 6. The highest BCUT2D eigenvalue weighted by molar-refractivity contribution is 9.10. The third kappa shape index (κ3) is 5.12.